The summed E-state index contributed by atoms with van der Waals surface area (Å²) in [6.07, 6.45) is 0.622. The van der Waals surface area contributed by atoms with Gasteiger partial charge in [0.15, 0.2) is 0 Å². The average Bonchev–Trinajstić information content (AvgIpc) is 2.11. The van der Waals surface area contributed by atoms with Gasteiger partial charge in [-0.1, -0.05) is 6.92 Å². The van der Waals surface area contributed by atoms with Crippen LogP contribution in [0.1, 0.15) is 20.3 Å². The van der Waals surface area contributed by atoms with Gasteiger partial charge in [0, 0.05) is 24.5 Å². The second kappa shape index (κ2) is 7.53. The highest BCUT2D eigenvalue weighted by atomic mass is 32.2. The molecule has 0 aliphatic rings. The molecule has 0 aliphatic heterocycles. The zero-order valence-electron chi connectivity index (χ0n) is 8.90. The standard InChI is InChI=1S/C9H17NO4S/c1-6(3-4-11)15-5-8(9(13)14)10-7(2)12/h6,8,11H,3-5H2,1-2H3,(H,10,12)(H,13,14)/t6-,8+/m1/s1. The normalized spacial score (nSPS) is 14.3. The number of rotatable bonds is 7. The third-order valence-corrected chi connectivity index (χ3v) is 3.09. The van der Waals surface area contributed by atoms with Crippen molar-refractivity contribution < 1.29 is 19.8 Å². The smallest absolute Gasteiger partial charge is 0.327 e. The van der Waals surface area contributed by atoms with Crippen LogP contribution in [0.5, 0.6) is 0 Å². The van der Waals surface area contributed by atoms with Crippen LogP contribution < -0.4 is 5.32 Å². The number of carboxylic acid groups (broad SMARTS) is 1. The highest BCUT2D eigenvalue weighted by molar-refractivity contribution is 7.99. The van der Waals surface area contributed by atoms with Gasteiger partial charge in [0.1, 0.15) is 6.04 Å². The summed E-state index contributed by atoms with van der Waals surface area (Å²) < 4.78 is 0. The van der Waals surface area contributed by atoms with Crippen molar-refractivity contribution in [1.29, 1.82) is 0 Å². The van der Waals surface area contributed by atoms with Gasteiger partial charge in [-0.05, 0) is 6.42 Å². The second-order valence-corrected chi connectivity index (χ2v) is 4.72. The summed E-state index contributed by atoms with van der Waals surface area (Å²) in [4.78, 5) is 21.4. The van der Waals surface area contributed by atoms with Gasteiger partial charge in [-0.15, -0.1) is 0 Å². The van der Waals surface area contributed by atoms with Crippen molar-refractivity contribution in [2.45, 2.75) is 31.6 Å². The van der Waals surface area contributed by atoms with E-state index in [1.54, 1.807) is 0 Å². The minimum Gasteiger partial charge on any atom is -0.480 e. The molecule has 0 aromatic rings. The number of aliphatic hydroxyl groups is 1. The molecule has 0 aliphatic carbocycles. The van der Waals surface area contributed by atoms with E-state index in [9.17, 15) is 9.59 Å². The molecule has 3 N–H and O–H groups in total. The highest BCUT2D eigenvalue weighted by Gasteiger charge is 2.19. The van der Waals surface area contributed by atoms with E-state index in [1.807, 2.05) is 6.92 Å². The van der Waals surface area contributed by atoms with Crippen molar-refractivity contribution in [1.82, 2.24) is 5.32 Å². The quantitative estimate of drug-likeness (QED) is 0.582. The Bertz CT molecular complexity index is 222. The molecule has 6 heteroatoms. The predicted molar refractivity (Wildman–Crippen MR) is 58.9 cm³/mol. The number of hydrogen-bond acceptors (Lipinski definition) is 4. The first-order valence-electron chi connectivity index (χ1n) is 4.69. The number of aliphatic hydroxyl groups excluding tert-OH is 1. The number of hydrogen-bond donors (Lipinski definition) is 3. The number of carbonyl (C=O) groups excluding carboxylic acids is 1. The zero-order chi connectivity index (χ0) is 11.8. The van der Waals surface area contributed by atoms with Crippen LogP contribution in [0, 0.1) is 0 Å². The highest BCUT2D eigenvalue weighted by Crippen LogP contribution is 2.14. The molecule has 0 unspecified atom stereocenters. The maximum absolute atomic E-state index is 10.7. The molecule has 15 heavy (non-hydrogen) atoms. The molecular weight excluding hydrogens is 218 g/mol. The lowest BCUT2D eigenvalue weighted by Crippen LogP contribution is -2.41. The average molecular weight is 235 g/mol. The lowest BCUT2D eigenvalue weighted by atomic mass is 10.3. The van der Waals surface area contributed by atoms with Crippen LogP contribution in [0.3, 0.4) is 0 Å². The molecule has 0 saturated carbocycles. The number of aliphatic carboxylic acids is 1. The fourth-order valence-corrected chi connectivity index (χ4v) is 1.96. The SMILES string of the molecule is CC(=O)N[C@@H](CS[C@H](C)CCO)C(=O)O. The molecule has 0 radical (unpaired) electrons. The molecule has 2 atom stereocenters. The molecule has 1 amide bonds. The van der Waals surface area contributed by atoms with Crippen LogP contribution in [0.4, 0.5) is 0 Å². The summed E-state index contributed by atoms with van der Waals surface area (Å²) >= 11 is 1.42. The van der Waals surface area contributed by atoms with E-state index >= 15 is 0 Å². The fraction of sp³-hybridized carbons (Fsp3) is 0.778. The molecular formula is C9H17NO4S. The van der Waals surface area contributed by atoms with Crippen molar-refractivity contribution in [3.63, 3.8) is 0 Å². The monoisotopic (exact) mass is 235 g/mol. The summed E-state index contributed by atoms with van der Waals surface area (Å²) in [6, 6.07) is -0.853. The second-order valence-electron chi connectivity index (χ2n) is 3.25. The molecule has 5 nitrogen and oxygen atoms in total. The maximum atomic E-state index is 10.7. The van der Waals surface area contributed by atoms with E-state index in [2.05, 4.69) is 5.32 Å². The van der Waals surface area contributed by atoms with Crippen molar-refractivity contribution in [2.24, 2.45) is 0 Å². The van der Waals surface area contributed by atoms with E-state index in [-0.39, 0.29) is 17.8 Å². The molecule has 0 bridgehead atoms. The summed E-state index contributed by atoms with van der Waals surface area (Å²) in [5.41, 5.74) is 0. The minimum absolute atomic E-state index is 0.0893. The van der Waals surface area contributed by atoms with Crippen molar-refractivity contribution in [3.8, 4) is 0 Å². The summed E-state index contributed by atoms with van der Waals surface area (Å²) in [5.74, 6) is -1.07. The molecule has 88 valence electrons. The van der Waals surface area contributed by atoms with Gasteiger partial charge in [0.25, 0.3) is 0 Å². The van der Waals surface area contributed by atoms with E-state index < -0.39 is 12.0 Å². The van der Waals surface area contributed by atoms with Crippen LogP contribution >= 0.6 is 11.8 Å². The Balaban J connectivity index is 3.96. The van der Waals surface area contributed by atoms with Gasteiger partial charge >= 0.3 is 5.97 Å². The Morgan fingerprint density at radius 1 is 1.47 bits per heavy atom. The molecule has 0 saturated heterocycles. The third kappa shape index (κ3) is 7.21. The Kier molecular flexibility index (Phi) is 7.15. The Morgan fingerprint density at radius 2 is 2.07 bits per heavy atom. The van der Waals surface area contributed by atoms with E-state index in [4.69, 9.17) is 10.2 Å². The topological polar surface area (TPSA) is 86.6 Å². The zero-order valence-corrected chi connectivity index (χ0v) is 9.71. The number of amides is 1. The van der Waals surface area contributed by atoms with Gasteiger partial charge in [-0.25, -0.2) is 4.79 Å². The Hall–Kier alpha value is -0.750. The number of nitrogens with one attached hydrogen (secondary N) is 1. The summed E-state index contributed by atoms with van der Waals surface area (Å²) in [5, 5.41) is 20.0. The van der Waals surface area contributed by atoms with Crippen LogP contribution in [-0.2, 0) is 9.59 Å². The van der Waals surface area contributed by atoms with E-state index in [0.29, 0.717) is 12.2 Å². The van der Waals surface area contributed by atoms with Crippen molar-refractivity contribution >= 4 is 23.6 Å². The Morgan fingerprint density at radius 3 is 2.47 bits per heavy atom. The van der Waals surface area contributed by atoms with Crippen molar-refractivity contribution in [2.75, 3.05) is 12.4 Å². The number of carboxylic acids is 1. The van der Waals surface area contributed by atoms with Gasteiger partial charge < -0.3 is 15.5 Å². The molecule has 0 rings (SSSR count). The molecule has 0 fully saturated rings. The van der Waals surface area contributed by atoms with Gasteiger partial charge in [-0.3, -0.25) is 4.79 Å². The number of thioether (sulfide) groups is 1. The third-order valence-electron chi connectivity index (χ3n) is 1.76. The predicted octanol–water partition coefficient (Wildman–Crippen LogP) is 0.0798. The van der Waals surface area contributed by atoms with Gasteiger partial charge in [-0.2, -0.15) is 11.8 Å². The Labute approximate surface area is 93.2 Å². The molecule has 0 heterocycles. The first-order valence-corrected chi connectivity index (χ1v) is 5.74. The lowest BCUT2D eigenvalue weighted by molar-refractivity contribution is -0.140. The van der Waals surface area contributed by atoms with Crippen LogP contribution in [-0.4, -0.2) is 45.7 Å². The maximum Gasteiger partial charge on any atom is 0.327 e. The lowest BCUT2D eigenvalue weighted by Gasteiger charge is -2.15. The summed E-state index contributed by atoms with van der Waals surface area (Å²) in [6.45, 7) is 3.29. The van der Waals surface area contributed by atoms with E-state index in [0.717, 1.165) is 0 Å². The van der Waals surface area contributed by atoms with Gasteiger partial charge in [0.2, 0.25) is 5.91 Å². The first-order chi connectivity index (χ1) is 6.97. The van der Waals surface area contributed by atoms with Gasteiger partial charge in [0.05, 0.1) is 0 Å². The first kappa shape index (κ1) is 14.2. The van der Waals surface area contributed by atoms with Crippen LogP contribution in [0.25, 0.3) is 0 Å². The van der Waals surface area contributed by atoms with Crippen molar-refractivity contribution in [3.05, 3.63) is 0 Å². The molecule has 0 aromatic heterocycles. The summed E-state index contributed by atoms with van der Waals surface area (Å²) in [7, 11) is 0. The van der Waals surface area contributed by atoms with Crippen LogP contribution in [0.15, 0.2) is 0 Å². The van der Waals surface area contributed by atoms with Crippen LogP contribution in [0.2, 0.25) is 0 Å². The molecule has 0 aromatic carbocycles. The van der Waals surface area contributed by atoms with E-state index in [1.165, 1.54) is 18.7 Å². The molecule has 0 spiro atoms. The number of carbonyl (C=O) groups is 2. The minimum atomic E-state index is -1.03. The fourth-order valence-electron chi connectivity index (χ4n) is 0.946. The largest absolute Gasteiger partial charge is 0.480 e.